The number of aliphatic hydroxyl groups excluding tert-OH is 1. The lowest BCUT2D eigenvalue weighted by Gasteiger charge is -2.13. The van der Waals surface area contributed by atoms with Crippen LogP contribution in [-0.4, -0.2) is 5.11 Å². The Bertz CT molecular complexity index is 427. The molecule has 1 N–H and O–H groups in total. The SMILES string of the molecule is CC1C=CC(c2cccc(C(C)O)c2)=CC1. The van der Waals surface area contributed by atoms with Crippen LogP contribution < -0.4 is 0 Å². The van der Waals surface area contributed by atoms with Gasteiger partial charge in [0.05, 0.1) is 6.10 Å². The normalized spacial score (nSPS) is 21.7. The van der Waals surface area contributed by atoms with Crippen LogP contribution in [0.3, 0.4) is 0 Å². The van der Waals surface area contributed by atoms with Crippen LogP contribution in [0, 0.1) is 5.92 Å². The van der Waals surface area contributed by atoms with E-state index < -0.39 is 6.10 Å². The molecule has 2 rings (SSSR count). The Morgan fingerprint density at radius 1 is 1.38 bits per heavy atom. The van der Waals surface area contributed by atoms with Crippen molar-refractivity contribution < 1.29 is 5.11 Å². The van der Waals surface area contributed by atoms with E-state index in [0.29, 0.717) is 5.92 Å². The summed E-state index contributed by atoms with van der Waals surface area (Å²) >= 11 is 0. The van der Waals surface area contributed by atoms with E-state index in [1.807, 2.05) is 12.1 Å². The van der Waals surface area contributed by atoms with Crippen molar-refractivity contribution in [3.63, 3.8) is 0 Å². The molecule has 0 radical (unpaired) electrons. The van der Waals surface area contributed by atoms with Gasteiger partial charge in [-0.2, -0.15) is 0 Å². The number of hydrogen-bond donors (Lipinski definition) is 1. The van der Waals surface area contributed by atoms with Gasteiger partial charge in [0, 0.05) is 0 Å². The van der Waals surface area contributed by atoms with E-state index in [4.69, 9.17) is 0 Å². The quantitative estimate of drug-likeness (QED) is 0.795. The third-order valence-corrected chi connectivity index (χ3v) is 3.02. The highest BCUT2D eigenvalue weighted by atomic mass is 16.3. The molecule has 1 aliphatic rings. The summed E-state index contributed by atoms with van der Waals surface area (Å²) in [5.41, 5.74) is 3.44. The molecular weight excluding hydrogens is 196 g/mol. The van der Waals surface area contributed by atoms with Crippen molar-refractivity contribution in [2.75, 3.05) is 0 Å². The first-order chi connectivity index (χ1) is 7.66. The van der Waals surface area contributed by atoms with Gasteiger partial charge in [0.15, 0.2) is 0 Å². The lowest BCUT2D eigenvalue weighted by atomic mass is 9.93. The van der Waals surface area contributed by atoms with Crippen LogP contribution in [-0.2, 0) is 0 Å². The summed E-state index contributed by atoms with van der Waals surface area (Å²) < 4.78 is 0. The zero-order valence-electron chi connectivity index (χ0n) is 9.85. The Kier molecular flexibility index (Phi) is 3.25. The van der Waals surface area contributed by atoms with Crippen LogP contribution in [0.15, 0.2) is 42.5 Å². The molecule has 0 aliphatic heterocycles. The lowest BCUT2D eigenvalue weighted by molar-refractivity contribution is 0.199. The Morgan fingerprint density at radius 2 is 2.19 bits per heavy atom. The molecule has 0 heterocycles. The summed E-state index contributed by atoms with van der Waals surface area (Å²) in [6.45, 7) is 4.02. The maximum Gasteiger partial charge on any atom is 0.0762 e. The largest absolute Gasteiger partial charge is 0.389 e. The van der Waals surface area contributed by atoms with E-state index in [2.05, 4.69) is 37.3 Å². The molecule has 0 amide bonds. The summed E-state index contributed by atoms with van der Waals surface area (Å²) in [6, 6.07) is 8.13. The topological polar surface area (TPSA) is 20.2 Å². The third-order valence-electron chi connectivity index (χ3n) is 3.02. The maximum absolute atomic E-state index is 9.55. The first-order valence-corrected chi connectivity index (χ1v) is 5.83. The molecule has 1 aliphatic carbocycles. The second-order valence-corrected chi connectivity index (χ2v) is 4.53. The van der Waals surface area contributed by atoms with Gasteiger partial charge in [-0.25, -0.2) is 0 Å². The number of allylic oxidation sites excluding steroid dienone is 4. The number of hydrogen-bond acceptors (Lipinski definition) is 1. The predicted molar refractivity (Wildman–Crippen MR) is 68.0 cm³/mol. The van der Waals surface area contributed by atoms with Crippen LogP contribution in [0.25, 0.3) is 5.57 Å². The van der Waals surface area contributed by atoms with E-state index in [-0.39, 0.29) is 0 Å². The summed E-state index contributed by atoms with van der Waals surface area (Å²) in [5.74, 6) is 0.642. The number of rotatable bonds is 2. The van der Waals surface area contributed by atoms with Gasteiger partial charge in [0.1, 0.15) is 0 Å². The zero-order chi connectivity index (χ0) is 11.5. The van der Waals surface area contributed by atoms with E-state index >= 15 is 0 Å². The molecular formula is C15H18O. The third kappa shape index (κ3) is 2.42. The standard InChI is InChI=1S/C15H18O/c1-11-6-8-13(9-7-11)15-5-3-4-14(10-15)12(2)16/h3-6,8-12,16H,7H2,1-2H3. The fraction of sp³-hybridized carbons (Fsp3) is 0.333. The first kappa shape index (κ1) is 11.2. The first-order valence-electron chi connectivity index (χ1n) is 5.83. The van der Waals surface area contributed by atoms with Crippen molar-refractivity contribution in [3.8, 4) is 0 Å². The summed E-state index contributed by atoms with van der Waals surface area (Å²) in [5, 5.41) is 9.55. The second-order valence-electron chi connectivity index (χ2n) is 4.53. The molecule has 1 nitrogen and oxygen atoms in total. The number of benzene rings is 1. The molecule has 0 bridgehead atoms. The van der Waals surface area contributed by atoms with Crippen LogP contribution in [0.1, 0.15) is 37.5 Å². The highest BCUT2D eigenvalue weighted by Crippen LogP contribution is 2.25. The Labute approximate surface area is 97.1 Å². The van der Waals surface area contributed by atoms with Crippen molar-refractivity contribution in [2.24, 2.45) is 5.92 Å². The van der Waals surface area contributed by atoms with Gasteiger partial charge in [-0.3, -0.25) is 0 Å². The summed E-state index contributed by atoms with van der Waals surface area (Å²) in [7, 11) is 0. The molecule has 0 fully saturated rings. The average Bonchev–Trinajstić information content (AvgIpc) is 2.30. The molecule has 1 heteroatoms. The molecule has 2 atom stereocenters. The second kappa shape index (κ2) is 4.67. The Balaban J connectivity index is 2.28. The van der Waals surface area contributed by atoms with Gasteiger partial charge in [0.25, 0.3) is 0 Å². The van der Waals surface area contributed by atoms with Crippen molar-refractivity contribution in [3.05, 3.63) is 53.6 Å². The number of aliphatic hydroxyl groups is 1. The molecule has 84 valence electrons. The Morgan fingerprint density at radius 3 is 2.81 bits per heavy atom. The molecule has 0 spiro atoms. The van der Waals surface area contributed by atoms with E-state index in [0.717, 1.165) is 12.0 Å². The minimum Gasteiger partial charge on any atom is -0.389 e. The molecule has 0 saturated carbocycles. The van der Waals surface area contributed by atoms with Gasteiger partial charge >= 0.3 is 0 Å². The van der Waals surface area contributed by atoms with Crippen molar-refractivity contribution in [2.45, 2.75) is 26.4 Å². The molecule has 16 heavy (non-hydrogen) atoms. The summed E-state index contributed by atoms with van der Waals surface area (Å²) in [6.07, 6.45) is 7.39. The van der Waals surface area contributed by atoms with Crippen LogP contribution in [0.2, 0.25) is 0 Å². The van der Waals surface area contributed by atoms with Gasteiger partial charge in [-0.15, -0.1) is 0 Å². The fourth-order valence-corrected chi connectivity index (χ4v) is 1.92. The monoisotopic (exact) mass is 214 g/mol. The van der Waals surface area contributed by atoms with Gasteiger partial charge in [-0.1, -0.05) is 43.4 Å². The molecule has 2 unspecified atom stereocenters. The molecule has 0 saturated heterocycles. The molecule has 1 aromatic rings. The fourth-order valence-electron chi connectivity index (χ4n) is 1.92. The van der Waals surface area contributed by atoms with Crippen LogP contribution >= 0.6 is 0 Å². The smallest absolute Gasteiger partial charge is 0.0762 e. The van der Waals surface area contributed by atoms with Crippen molar-refractivity contribution >= 4 is 5.57 Å². The molecule has 1 aromatic carbocycles. The average molecular weight is 214 g/mol. The predicted octanol–water partition coefficient (Wildman–Crippen LogP) is 3.72. The van der Waals surface area contributed by atoms with Gasteiger partial charge in [0.2, 0.25) is 0 Å². The van der Waals surface area contributed by atoms with Gasteiger partial charge < -0.3 is 5.11 Å². The van der Waals surface area contributed by atoms with Crippen molar-refractivity contribution in [1.82, 2.24) is 0 Å². The zero-order valence-corrected chi connectivity index (χ0v) is 9.85. The Hall–Kier alpha value is -1.34. The van der Waals surface area contributed by atoms with Gasteiger partial charge in [-0.05, 0) is 42.0 Å². The molecule has 0 aromatic heterocycles. The highest BCUT2D eigenvalue weighted by Gasteiger charge is 2.07. The maximum atomic E-state index is 9.55. The van der Waals surface area contributed by atoms with Crippen LogP contribution in [0.5, 0.6) is 0 Å². The lowest BCUT2D eigenvalue weighted by Crippen LogP contribution is -1.96. The minimum atomic E-state index is -0.396. The van der Waals surface area contributed by atoms with E-state index in [1.54, 1.807) is 6.92 Å². The van der Waals surface area contributed by atoms with Crippen LogP contribution in [0.4, 0.5) is 0 Å². The van der Waals surface area contributed by atoms with E-state index in [1.165, 1.54) is 11.1 Å². The highest BCUT2D eigenvalue weighted by molar-refractivity contribution is 5.75. The van der Waals surface area contributed by atoms with Crippen molar-refractivity contribution in [1.29, 1.82) is 0 Å². The van der Waals surface area contributed by atoms with E-state index in [9.17, 15) is 5.11 Å². The summed E-state index contributed by atoms with van der Waals surface area (Å²) in [4.78, 5) is 0. The minimum absolute atomic E-state index is 0.396.